The van der Waals surface area contributed by atoms with Crippen LogP contribution in [0, 0.1) is 16.7 Å². The second kappa shape index (κ2) is 10.8. The van der Waals surface area contributed by atoms with E-state index in [1.54, 1.807) is 17.8 Å². The van der Waals surface area contributed by atoms with E-state index >= 15 is 0 Å². The van der Waals surface area contributed by atoms with Crippen molar-refractivity contribution < 1.29 is 22.6 Å². The van der Waals surface area contributed by atoms with Crippen LogP contribution in [0.4, 0.5) is 24.9 Å². The highest BCUT2D eigenvalue weighted by Crippen LogP contribution is 2.55. The standard InChI is InChI=1S/C33H28F3N9O2/c1-43-28-24(17-37)25(47-23-13-20-7-10-44(30(20)39-18-23)21-5-3-2-4-6-21)19-38-29(28)41-31(43)40-27-14-26(33(34,35)36)45(42-27)22-15-32(16-22)8-11-46-12-9-32/h2-7,10,13-14,18-19,22H,8-9,11-12,15-16H2,1H3,(H,38,40,41,42). The molecule has 14 heteroatoms. The number of nitrogens with one attached hydrogen (secondary N) is 1. The van der Waals surface area contributed by atoms with Crippen molar-refractivity contribution >= 4 is 34.0 Å². The van der Waals surface area contributed by atoms with Gasteiger partial charge in [-0.25, -0.2) is 9.97 Å². The third-order valence-corrected chi connectivity index (χ3v) is 9.24. The lowest BCUT2D eigenvalue weighted by Gasteiger charge is -2.50. The van der Waals surface area contributed by atoms with Gasteiger partial charge >= 0.3 is 6.18 Å². The maximum atomic E-state index is 14.1. The number of benzene rings is 1. The quantitative estimate of drug-likeness (QED) is 0.206. The number of aromatic nitrogens is 7. The van der Waals surface area contributed by atoms with Crippen LogP contribution in [0.1, 0.15) is 43.0 Å². The van der Waals surface area contributed by atoms with Crippen molar-refractivity contribution in [3.8, 4) is 23.3 Å². The van der Waals surface area contributed by atoms with Gasteiger partial charge in [-0.1, -0.05) is 18.2 Å². The molecule has 2 aliphatic rings. The van der Waals surface area contributed by atoms with Crippen molar-refractivity contribution in [3.63, 3.8) is 0 Å². The summed E-state index contributed by atoms with van der Waals surface area (Å²) < 4.78 is 58.4. The van der Waals surface area contributed by atoms with Gasteiger partial charge in [-0.3, -0.25) is 4.68 Å². The zero-order valence-electron chi connectivity index (χ0n) is 25.2. The first-order chi connectivity index (χ1) is 22.7. The molecule has 11 nitrogen and oxygen atoms in total. The highest BCUT2D eigenvalue weighted by Gasteiger charge is 2.49. The Balaban J connectivity index is 1.07. The lowest BCUT2D eigenvalue weighted by molar-refractivity contribution is -0.148. The van der Waals surface area contributed by atoms with Crippen molar-refractivity contribution in [2.24, 2.45) is 12.5 Å². The number of fused-ring (bicyclic) bond motifs is 2. The Morgan fingerprint density at radius 1 is 1.06 bits per heavy atom. The molecule has 1 saturated carbocycles. The average molecular weight is 640 g/mol. The topological polar surface area (TPSA) is 121 Å². The van der Waals surface area contributed by atoms with E-state index < -0.39 is 11.9 Å². The predicted octanol–water partition coefficient (Wildman–Crippen LogP) is 7.06. The third kappa shape index (κ3) is 5.03. The normalized spacial score (nSPS) is 16.4. The second-order valence-electron chi connectivity index (χ2n) is 12.1. The summed E-state index contributed by atoms with van der Waals surface area (Å²) in [6.07, 6.45) is 3.28. The largest absolute Gasteiger partial charge is 0.453 e. The van der Waals surface area contributed by atoms with Gasteiger partial charge in [0, 0.05) is 43.6 Å². The molecule has 2 fully saturated rings. The first-order valence-corrected chi connectivity index (χ1v) is 15.2. The molecule has 47 heavy (non-hydrogen) atoms. The van der Waals surface area contributed by atoms with Crippen molar-refractivity contribution in [1.29, 1.82) is 5.26 Å². The maximum absolute atomic E-state index is 14.1. The molecule has 1 aliphatic carbocycles. The van der Waals surface area contributed by atoms with E-state index in [2.05, 4.69) is 31.4 Å². The van der Waals surface area contributed by atoms with E-state index in [9.17, 15) is 18.4 Å². The van der Waals surface area contributed by atoms with Gasteiger partial charge in [0.2, 0.25) is 5.95 Å². The van der Waals surface area contributed by atoms with E-state index in [0.717, 1.165) is 40.3 Å². The van der Waals surface area contributed by atoms with Crippen LogP contribution in [0.2, 0.25) is 0 Å². The van der Waals surface area contributed by atoms with Gasteiger partial charge < -0.3 is 23.9 Å². The summed E-state index contributed by atoms with van der Waals surface area (Å²) in [6.45, 7) is 1.27. The van der Waals surface area contributed by atoms with E-state index in [-0.39, 0.29) is 40.2 Å². The fourth-order valence-electron chi connectivity index (χ4n) is 6.82. The van der Waals surface area contributed by atoms with Crippen LogP contribution in [0.3, 0.4) is 0 Å². The Labute approximate surface area is 266 Å². The molecular weight excluding hydrogens is 611 g/mol. The summed E-state index contributed by atoms with van der Waals surface area (Å²) in [6, 6.07) is 16.4. The maximum Gasteiger partial charge on any atom is 0.433 e. The Morgan fingerprint density at radius 3 is 2.60 bits per heavy atom. The molecule has 238 valence electrons. The summed E-state index contributed by atoms with van der Waals surface area (Å²) in [5, 5.41) is 18.3. The zero-order chi connectivity index (χ0) is 32.3. The number of ether oxygens (including phenoxy) is 2. The molecule has 0 unspecified atom stereocenters. The number of pyridine rings is 2. The Kier molecular flexibility index (Phi) is 6.69. The Morgan fingerprint density at radius 2 is 1.85 bits per heavy atom. The minimum absolute atomic E-state index is 0.000423. The minimum atomic E-state index is -4.58. The summed E-state index contributed by atoms with van der Waals surface area (Å²) in [5.41, 5.74) is 1.67. The molecule has 1 N–H and O–H groups in total. The van der Waals surface area contributed by atoms with Crippen LogP contribution in [0.25, 0.3) is 27.9 Å². The highest BCUT2D eigenvalue weighted by atomic mass is 19.4. The van der Waals surface area contributed by atoms with Crippen molar-refractivity contribution in [3.05, 3.63) is 78.4 Å². The van der Waals surface area contributed by atoms with Crippen LogP contribution in [0.5, 0.6) is 11.5 Å². The van der Waals surface area contributed by atoms with E-state index in [4.69, 9.17) is 9.47 Å². The molecule has 0 atom stereocenters. The zero-order valence-corrected chi connectivity index (χ0v) is 25.2. The Bertz CT molecular complexity index is 2160. The molecule has 0 bridgehead atoms. The van der Waals surface area contributed by atoms with Gasteiger partial charge in [0.1, 0.15) is 34.2 Å². The van der Waals surface area contributed by atoms with Gasteiger partial charge in [0.05, 0.1) is 18.4 Å². The molecule has 1 spiro atoms. The van der Waals surface area contributed by atoms with Crippen LogP contribution >= 0.6 is 0 Å². The third-order valence-electron chi connectivity index (χ3n) is 9.24. The second-order valence-corrected chi connectivity index (χ2v) is 12.1. The number of hydrogen-bond donors (Lipinski definition) is 1. The molecular formula is C33H28F3N9O2. The molecule has 8 rings (SSSR count). The lowest BCUT2D eigenvalue weighted by Crippen LogP contribution is -2.43. The molecule has 1 saturated heterocycles. The van der Waals surface area contributed by atoms with Gasteiger partial charge in [0.15, 0.2) is 17.2 Å². The molecule has 1 aromatic carbocycles. The van der Waals surface area contributed by atoms with Crippen molar-refractivity contribution in [1.82, 2.24) is 33.9 Å². The number of imidazole rings is 1. The fraction of sp³-hybridized carbons (Fsp3) is 0.303. The van der Waals surface area contributed by atoms with Gasteiger partial charge in [-0.2, -0.15) is 28.5 Å². The molecule has 6 aromatic rings. The fourth-order valence-corrected chi connectivity index (χ4v) is 6.82. The van der Waals surface area contributed by atoms with Crippen LogP contribution in [-0.4, -0.2) is 47.1 Å². The minimum Gasteiger partial charge on any atom is -0.453 e. The number of alkyl halides is 3. The van der Waals surface area contributed by atoms with Gasteiger partial charge in [0.25, 0.3) is 0 Å². The Hall–Kier alpha value is -5.42. The summed E-state index contributed by atoms with van der Waals surface area (Å²) in [5.74, 6) is 0.777. The van der Waals surface area contributed by atoms with Crippen molar-refractivity contribution in [2.45, 2.75) is 37.9 Å². The summed E-state index contributed by atoms with van der Waals surface area (Å²) >= 11 is 0. The van der Waals surface area contributed by atoms with E-state index in [1.807, 2.05) is 53.2 Å². The summed E-state index contributed by atoms with van der Waals surface area (Å²) in [7, 11) is 1.65. The summed E-state index contributed by atoms with van der Waals surface area (Å²) in [4.78, 5) is 13.4. The number of halogens is 3. The number of nitriles is 1. The number of anilines is 2. The van der Waals surface area contributed by atoms with Gasteiger partial charge in [-0.05, 0) is 55.4 Å². The molecule has 6 heterocycles. The molecule has 5 aromatic heterocycles. The number of hydrogen-bond acceptors (Lipinski definition) is 8. The van der Waals surface area contributed by atoms with Crippen molar-refractivity contribution in [2.75, 3.05) is 18.5 Å². The molecule has 0 radical (unpaired) electrons. The first kappa shape index (κ1) is 29.0. The van der Waals surface area contributed by atoms with E-state index in [0.29, 0.717) is 37.3 Å². The van der Waals surface area contributed by atoms with Gasteiger partial charge in [-0.15, -0.1) is 0 Å². The number of rotatable bonds is 6. The monoisotopic (exact) mass is 639 g/mol. The highest BCUT2D eigenvalue weighted by molar-refractivity contribution is 5.84. The van der Waals surface area contributed by atoms with Crippen LogP contribution in [0.15, 0.2) is 67.1 Å². The van der Waals surface area contributed by atoms with E-state index in [1.165, 1.54) is 6.20 Å². The number of nitrogens with zero attached hydrogens (tertiary/aromatic N) is 8. The van der Waals surface area contributed by atoms with Crippen LogP contribution < -0.4 is 10.1 Å². The SMILES string of the molecule is Cn1c(Nc2cc(C(F)(F)F)n(C3CC4(CCOCC4)C3)n2)nc2ncc(Oc3cnc4c(ccn4-c4ccccc4)c3)c(C#N)c21. The predicted molar refractivity (Wildman–Crippen MR) is 166 cm³/mol. The average Bonchev–Trinajstić information content (AvgIpc) is 3.76. The first-order valence-electron chi connectivity index (χ1n) is 15.2. The molecule has 1 aliphatic heterocycles. The molecule has 0 amide bonds. The van der Waals surface area contributed by atoms with Crippen LogP contribution in [-0.2, 0) is 18.0 Å². The smallest absolute Gasteiger partial charge is 0.433 e. The lowest BCUT2D eigenvalue weighted by atomic mass is 9.61. The number of para-hydroxylation sites is 1. The number of aryl methyl sites for hydroxylation is 1.